The molecule has 0 unspecified atom stereocenters. The monoisotopic (exact) mass is 307 g/mol. The highest BCUT2D eigenvalue weighted by Gasteiger charge is 1.99. The first kappa shape index (κ1) is 18.0. The predicted octanol–water partition coefficient (Wildman–Crippen LogP) is 4.56. The lowest BCUT2D eigenvalue weighted by atomic mass is 10.0. The minimum absolute atomic E-state index is 0. The number of unbranched alkanes of at least 4 members (excludes halogenated alkanes) is 1. The number of rotatable bonds is 9. The predicted molar refractivity (Wildman–Crippen MR) is 93.2 cm³/mol. The average Bonchev–Trinajstić information content (AvgIpc) is 2.50. The molecule has 116 valence electrons. The molecule has 3 heteroatoms. The van der Waals surface area contributed by atoms with Gasteiger partial charge in [0.25, 0.3) is 0 Å². The van der Waals surface area contributed by atoms with E-state index in [0.717, 1.165) is 32.7 Å². The topological polar surface area (TPSA) is 21.3 Å². The van der Waals surface area contributed by atoms with E-state index < -0.39 is 0 Å². The minimum Gasteiger partial charge on any atom is -0.381 e. The van der Waals surface area contributed by atoms with Crippen molar-refractivity contribution in [1.29, 1.82) is 0 Å². The van der Waals surface area contributed by atoms with Gasteiger partial charge in [-0.15, -0.1) is 12.4 Å². The molecule has 0 amide bonds. The summed E-state index contributed by atoms with van der Waals surface area (Å²) in [4.78, 5) is 0. The normalized spacial score (nSPS) is 10.5. The molecule has 0 aliphatic carbocycles. The molecule has 2 aromatic rings. The second-order valence-electron chi connectivity index (χ2n) is 5.13. The zero-order valence-corrected chi connectivity index (χ0v) is 13.6. The molecule has 0 aromatic heterocycles. The van der Waals surface area contributed by atoms with Crippen molar-refractivity contribution < 1.29 is 4.74 Å². The molecule has 0 aliphatic heterocycles. The highest BCUT2D eigenvalue weighted by Crippen LogP contribution is 2.18. The largest absolute Gasteiger partial charge is 0.381 e. The Morgan fingerprint density at radius 2 is 1.71 bits per heavy atom. The fraction of sp³-hybridized carbons (Fsp3) is 0.444. The number of hydrogen-bond acceptors (Lipinski definition) is 2. The van der Waals surface area contributed by atoms with Crippen LogP contribution in [-0.4, -0.2) is 19.8 Å². The van der Waals surface area contributed by atoms with Crippen LogP contribution in [0.5, 0.6) is 0 Å². The van der Waals surface area contributed by atoms with Gasteiger partial charge in [-0.05, 0) is 35.7 Å². The van der Waals surface area contributed by atoms with Gasteiger partial charge in [0.2, 0.25) is 0 Å². The Bertz CT molecular complexity index is 510. The summed E-state index contributed by atoms with van der Waals surface area (Å²) in [6, 6.07) is 15.1. The van der Waals surface area contributed by atoms with Crippen LogP contribution in [0.4, 0.5) is 0 Å². The second-order valence-corrected chi connectivity index (χ2v) is 5.13. The number of halogens is 1. The quantitative estimate of drug-likeness (QED) is 0.686. The molecule has 0 saturated carbocycles. The van der Waals surface area contributed by atoms with E-state index in [1.807, 2.05) is 0 Å². The van der Waals surface area contributed by atoms with Gasteiger partial charge in [-0.3, -0.25) is 0 Å². The SMILES string of the molecule is CCCCOCCCNCc1cccc2ccccc12.Cl. The highest BCUT2D eigenvalue weighted by molar-refractivity contribution is 5.85. The molecule has 2 nitrogen and oxygen atoms in total. The lowest BCUT2D eigenvalue weighted by Gasteiger charge is -2.08. The molecule has 0 heterocycles. The van der Waals surface area contributed by atoms with Gasteiger partial charge in [0.05, 0.1) is 0 Å². The summed E-state index contributed by atoms with van der Waals surface area (Å²) in [5.41, 5.74) is 1.37. The van der Waals surface area contributed by atoms with Gasteiger partial charge in [0, 0.05) is 19.8 Å². The van der Waals surface area contributed by atoms with Crippen molar-refractivity contribution in [3.63, 3.8) is 0 Å². The summed E-state index contributed by atoms with van der Waals surface area (Å²) in [7, 11) is 0. The minimum atomic E-state index is 0. The maximum absolute atomic E-state index is 5.56. The number of hydrogen-bond donors (Lipinski definition) is 1. The van der Waals surface area contributed by atoms with Crippen molar-refractivity contribution in [2.75, 3.05) is 19.8 Å². The van der Waals surface area contributed by atoms with Crippen LogP contribution in [0.3, 0.4) is 0 Å². The molecule has 0 saturated heterocycles. The molecule has 2 rings (SSSR count). The third-order valence-electron chi connectivity index (χ3n) is 3.48. The Balaban J connectivity index is 0.00000220. The summed E-state index contributed by atoms with van der Waals surface area (Å²) in [5.74, 6) is 0. The van der Waals surface area contributed by atoms with Crippen molar-refractivity contribution in [3.05, 3.63) is 48.0 Å². The lowest BCUT2D eigenvalue weighted by Crippen LogP contribution is -2.16. The van der Waals surface area contributed by atoms with Crippen LogP contribution in [0.25, 0.3) is 10.8 Å². The molecular weight excluding hydrogens is 282 g/mol. The fourth-order valence-corrected chi connectivity index (χ4v) is 2.32. The van der Waals surface area contributed by atoms with Crippen LogP contribution >= 0.6 is 12.4 Å². The van der Waals surface area contributed by atoms with Crippen molar-refractivity contribution in [3.8, 4) is 0 Å². The van der Waals surface area contributed by atoms with Gasteiger partial charge in [-0.2, -0.15) is 0 Å². The van der Waals surface area contributed by atoms with Crippen molar-refractivity contribution in [2.24, 2.45) is 0 Å². The standard InChI is InChI=1S/C18H25NO.ClH/c1-2-3-13-20-14-7-12-19-15-17-10-6-9-16-8-4-5-11-18(16)17;/h4-6,8-11,19H,2-3,7,12-15H2,1H3;1H. The van der Waals surface area contributed by atoms with E-state index in [9.17, 15) is 0 Å². The molecule has 1 N–H and O–H groups in total. The van der Waals surface area contributed by atoms with Crippen molar-refractivity contribution in [1.82, 2.24) is 5.32 Å². The molecular formula is C18H26ClNO. The maximum Gasteiger partial charge on any atom is 0.0478 e. The number of ether oxygens (including phenoxy) is 1. The summed E-state index contributed by atoms with van der Waals surface area (Å²) in [6.07, 6.45) is 3.46. The van der Waals surface area contributed by atoms with E-state index in [2.05, 4.69) is 54.7 Å². The fourth-order valence-electron chi connectivity index (χ4n) is 2.32. The molecule has 0 atom stereocenters. The van der Waals surface area contributed by atoms with Crippen LogP contribution < -0.4 is 5.32 Å². The molecule has 21 heavy (non-hydrogen) atoms. The Morgan fingerprint density at radius 3 is 2.57 bits per heavy atom. The highest BCUT2D eigenvalue weighted by atomic mass is 35.5. The van der Waals surface area contributed by atoms with Crippen molar-refractivity contribution in [2.45, 2.75) is 32.7 Å². The summed E-state index contributed by atoms with van der Waals surface area (Å²) >= 11 is 0. The maximum atomic E-state index is 5.56. The van der Waals surface area contributed by atoms with Crippen LogP contribution in [0.15, 0.2) is 42.5 Å². The van der Waals surface area contributed by atoms with Crippen molar-refractivity contribution >= 4 is 23.2 Å². The van der Waals surface area contributed by atoms with Gasteiger partial charge in [-0.1, -0.05) is 55.8 Å². The lowest BCUT2D eigenvalue weighted by molar-refractivity contribution is 0.129. The van der Waals surface area contributed by atoms with E-state index in [-0.39, 0.29) is 12.4 Å². The number of benzene rings is 2. The number of nitrogens with one attached hydrogen (secondary N) is 1. The first-order valence-electron chi connectivity index (χ1n) is 7.67. The van der Waals surface area contributed by atoms with Gasteiger partial charge < -0.3 is 10.1 Å². The summed E-state index contributed by atoms with van der Waals surface area (Å²) in [6.45, 7) is 5.89. The Morgan fingerprint density at radius 1 is 0.952 bits per heavy atom. The van der Waals surface area contributed by atoms with E-state index in [0.29, 0.717) is 0 Å². The molecule has 0 spiro atoms. The first-order valence-corrected chi connectivity index (χ1v) is 7.67. The average molecular weight is 308 g/mol. The second kappa shape index (κ2) is 10.6. The van der Waals surface area contributed by atoms with Gasteiger partial charge >= 0.3 is 0 Å². The molecule has 0 aliphatic rings. The smallest absolute Gasteiger partial charge is 0.0478 e. The Hall–Kier alpha value is -1.09. The van der Waals surface area contributed by atoms with Gasteiger partial charge in [0.1, 0.15) is 0 Å². The van der Waals surface area contributed by atoms with E-state index >= 15 is 0 Å². The van der Waals surface area contributed by atoms with E-state index in [4.69, 9.17) is 4.74 Å². The molecule has 0 fully saturated rings. The van der Waals surface area contributed by atoms with Gasteiger partial charge in [-0.25, -0.2) is 0 Å². The molecule has 0 radical (unpaired) electrons. The van der Waals surface area contributed by atoms with Crippen LogP contribution in [-0.2, 0) is 11.3 Å². The molecule has 0 bridgehead atoms. The van der Waals surface area contributed by atoms with Crippen LogP contribution in [0.1, 0.15) is 31.7 Å². The van der Waals surface area contributed by atoms with Crippen LogP contribution in [0, 0.1) is 0 Å². The Labute approximate surface area is 134 Å². The zero-order chi connectivity index (χ0) is 14.0. The van der Waals surface area contributed by atoms with Gasteiger partial charge in [0.15, 0.2) is 0 Å². The first-order chi connectivity index (χ1) is 9.92. The van der Waals surface area contributed by atoms with E-state index in [1.165, 1.54) is 29.2 Å². The summed E-state index contributed by atoms with van der Waals surface area (Å²) < 4.78 is 5.56. The van der Waals surface area contributed by atoms with Crippen LogP contribution in [0.2, 0.25) is 0 Å². The zero-order valence-electron chi connectivity index (χ0n) is 12.8. The third kappa shape index (κ3) is 6.04. The third-order valence-corrected chi connectivity index (χ3v) is 3.48. The summed E-state index contributed by atoms with van der Waals surface area (Å²) in [5, 5.41) is 6.17. The Kier molecular flexibility index (Phi) is 9.07. The molecule has 2 aromatic carbocycles. The number of fused-ring (bicyclic) bond motifs is 1. The van der Waals surface area contributed by atoms with E-state index in [1.54, 1.807) is 0 Å².